The third-order valence-electron chi connectivity index (χ3n) is 5.43. The van der Waals surface area contributed by atoms with Crippen molar-refractivity contribution >= 4 is 17.5 Å². The van der Waals surface area contributed by atoms with E-state index in [1.165, 1.54) is 12.1 Å². The molecule has 0 bridgehead atoms. The highest BCUT2D eigenvalue weighted by Crippen LogP contribution is 2.20. The molecule has 0 N–H and O–H groups in total. The number of rotatable bonds is 4. The Morgan fingerprint density at radius 1 is 0.852 bits per heavy atom. The summed E-state index contributed by atoms with van der Waals surface area (Å²) in [7, 11) is 0. The van der Waals surface area contributed by atoms with Crippen molar-refractivity contribution in [3.63, 3.8) is 0 Å². The van der Waals surface area contributed by atoms with Crippen molar-refractivity contribution in [2.24, 2.45) is 0 Å². The summed E-state index contributed by atoms with van der Waals surface area (Å²) in [5.41, 5.74) is 1.06. The minimum absolute atomic E-state index is 0.197. The van der Waals surface area contributed by atoms with Crippen molar-refractivity contribution in [1.82, 2.24) is 20.1 Å². The van der Waals surface area contributed by atoms with E-state index in [2.05, 4.69) is 36.7 Å². The fourth-order valence-electron chi connectivity index (χ4n) is 3.68. The number of piperazine rings is 2. The standard InChI is InChI=1S/C19H26FN7/c1-2-24-7-9-27(10-8-24)19-22-18(15-21-23-19)26-13-11-25(12-14-26)17-5-3-16(20)4-6-17/h3-6,15H,2,7-14H2,1H3. The Labute approximate surface area is 159 Å². The van der Waals surface area contributed by atoms with Crippen LogP contribution in [0.1, 0.15) is 6.92 Å². The highest BCUT2D eigenvalue weighted by atomic mass is 19.1. The topological polar surface area (TPSA) is 51.6 Å². The second-order valence-corrected chi connectivity index (χ2v) is 6.99. The minimum Gasteiger partial charge on any atom is -0.368 e. The second kappa shape index (κ2) is 8.04. The fraction of sp³-hybridized carbons (Fsp3) is 0.526. The molecule has 8 heteroatoms. The molecule has 0 saturated carbocycles. The molecule has 1 aromatic heterocycles. The first-order valence-corrected chi connectivity index (χ1v) is 9.65. The maximum Gasteiger partial charge on any atom is 0.247 e. The summed E-state index contributed by atoms with van der Waals surface area (Å²) >= 11 is 0. The van der Waals surface area contributed by atoms with Gasteiger partial charge in [-0.3, -0.25) is 0 Å². The summed E-state index contributed by atoms with van der Waals surface area (Å²) in [6.45, 7) is 10.7. The summed E-state index contributed by atoms with van der Waals surface area (Å²) in [4.78, 5) is 13.9. The molecule has 1 aromatic carbocycles. The molecule has 0 unspecified atom stereocenters. The van der Waals surface area contributed by atoms with Crippen molar-refractivity contribution in [2.75, 3.05) is 73.6 Å². The zero-order chi connectivity index (χ0) is 18.6. The molecule has 2 aliphatic heterocycles. The number of hydrogen-bond donors (Lipinski definition) is 0. The first-order chi connectivity index (χ1) is 13.2. The van der Waals surface area contributed by atoms with Gasteiger partial charge in [0, 0.05) is 58.0 Å². The van der Waals surface area contributed by atoms with Gasteiger partial charge in [0.15, 0.2) is 5.82 Å². The number of benzene rings is 1. The molecule has 2 aromatic rings. The minimum atomic E-state index is -0.197. The maximum atomic E-state index is 13.1. The molecular weight excluding hydrogens is 345 g/mol. The molecule has 3 heterocycles. The normalized spacial score (nSPS) is 18.8. The van der Waals surface area contributed by atoms with Crippen LogP contribution >= 0.6 is 0 Å². The zero-order valence-corrected chi connectivity index (χ0v) is 15.8. The van der Waals surface area contributed by atoms with Crippen molar-refractivity contribution in [2.45, 2.75) is 6.92 Å². The lowest BCUT2D eigenvalue weighted by Gasteiger charge is -2.37. The molecule has 2 aliphatic rings. The molecule has 0 amide bonds. The smallest absolute Gasteiger partial charge is 0.247 e. The van der Waals surface area contributed by atoms with Gasteiger partial charge < -0.3 is 19.6 Å². The molecule has 2 saturated heterocycles. The summed E-state index contributed by atoms with van der Waals surface area (Å²) in [6.07, 6.45) is 1.75. The third-order valence-corrected chi connectivity index (χ3v) is 5.43. The van der Waals surface area contributed by atoms with Crippen molar-refractivity contribution in [1.29, 1.82) is 0 Å². The van der Waals surface area contributed by atoms with Crippen LogP contribution in [0, 0.1) is 5.82 Å². The van der Waals surface area contributed by atoms with Gasteiger partial charge in [0.05, 0.1) is 6.20 Å². The maximum absolute atomic E-state index is 13.1. The Morgan fingerprint density at radius 2 is 1.48 bits per heavy atom. The van der Waals surface area contributed by atoms with E-state index in [1.807, 2.05) is 12.1 Å². The first kappa shape index (κ1) is 17.9. The molecule has 144 valence electrons. The number of nitrogens with zero attached hydrogens (tertiary/aromatic N) is 7. The Bertz CT molecular complexity index is 738. The van der Waals surface area contributed by atoms with Gasteiger partial charge in [-0.1, -0.05) is 6.92 Å². The number of anilines is 3. The van der Waals surface area contributed by atoms with Crippen LogP contribution in [-0.4, -0.2) is 79.0 Å². The Hall–Kier alpha value is -2.48. The summed E-state index contributed by atoms with van der Waals surface area (Å²) in [5, 5.41) is 8.45. The average Bonchev–Trinajstić information content (AvgIpc) is 2.75. The fourth-order valence-corrected chi connectivity index (χ4v) is 3.68. The van der Waals surface area contributed by atoms with E-state index < -0.39 is 0 Å². The molecule has 0 radical (unpaired) electrons. The summed E-state index contributed by atoms with van der Waals surface area (Å²) in [5.74, 6) is 1.41. The van der Waals surface area contributed by atoms with E-state index in [4.69, 9.17) is 4.98 Å². The van der Waals surface area contributed by atoms with Crippen LogP contribution in [0.4, 0.5) is 21.8 Å². The third kappa shape index (κ3) is 4.10. The number of likely N-dealkylation sites (N-methyl/N-ethyl adjacent to an activating group) is 1. The number of halogens is 1. The lowest BCUT2D eigenvalue weighted by atomic mass is 10.2. The van der Waals surface area contributed by atoms with Crippen LogP contribution in [0.25, 0.3) is 0 Å². The van der Waals surface area contributed by atoms with E-state index in [0.717, 1.165) is 76.4 Å². The van der Waals surface area contributed by atoms with E-state index in [0.29, 0.717) is 0 Å². The molecule has 0 atom stereocenters. The second-order valence-electron chi connectivity index (χ2n) is 6.99. The van der Waals surface area contributed by atoms with Crippen LogP contribution in [0.5, 0.6) is 0 Å². The number of aromatic nitrogens is 3. The van der Waals surface area contributed by atoms with Gasteiger partial charge in [0.25, 0.3) is 0 Å². The molecule has 27 heavy (non-hydrogen) atoms. The monoisotopic (exact) mass is 371 g/mol. The van der Waals surface area contributed by atoms with Gasteiger partial charge in [-0.25, -0.2) is 4.39 Å². The predicted molar refractivity (Wildman–Crippen MR) is 105 cm³/mol. The highest BCUT2D eigenvalue weighted by Gasteiger charge is 2.22. The van der Waals surface area contributed by atoms with E-state index in [9.17, 15) is 4.39 Å². The summed E-state index contributed by atoms with van der Waals surface area (Å²) < 4.78 is 13.1. The molecule has 7 nitrogen and oxygen atoms in total. The lowest BCUT2D eigenvalue weighted by molar-refractivity contribution is 0.269. The lowest BCUT2D eigenvalue weighted by Crippen LogP contribution is -2.48. The van der Waals surface area contributed by atoms with Crippen LogP contribution < -0.4 is 14.7 Å². The van der Waals surface area contributed by atoms with E-state index >= 15 is 0 Å². The zero-order valence-electron chi connectivity index (χ0n) is 15.8. The van der Waals surface area contributed by atoms with Crippen LogP contribution in [0.2, 0.25) is 0 Å². The number of hydrogen-bond acceptors (Lipinski definition) is 7. The molecule has 0 aliphatic carbocycles. The average molecular weight is 371 g/mol. The van der Waals surface area contributed by atoms with Gasteiger partial charge in [-0.2, -0.15) is 10.1 Å². The van der Waals surface area contributed by atoms with Crippen LogP contribution in [0.15, 0.2) is 30.5 Å². The largest absolute Gasteiger partial charge is 0.368 e. The van der Waals surface area contributed by atoms with Crippen LogP contribution in [-0.2, 0) is 0 Å². The van der Waals surface area contributed by atoms with Gasteiger partial charge in [0.1, 0.15) is 5.82 Å². The first-order valence-electron chi connectivity index (χ1n) is 9.65. The quantitative estimate of drug-likeness (QED) is 0.807. The Balaban J connectivity index is 1.38. The predicted octanol–water partition coefficient (Wildman–Crippen LogP) is 1.48. The van der Waals surface area contributed by atoms with E-state index in [-0.39, 0.29) is 5.82 Å². The van der Waals surface area contributed by atoms with Crippen molar-refractivity contribution in [3.8, 4) is 0 Å². The van der Waals surface area contributed by atoms with Gasteiger partial charge >= 0.3 is 0 Å². The molecule has 0 spiro atoms. The molecular formula is C19H26FN7. The summed E-state index contributed by atoms with van der Waals surface area (Å²) in [6, 6.07) is 6.71. The Kier molecular flexibility index (Phi) is 5.33. The SMILES string of the molecule is CCN1CCN(c2nncc(N3CCN(c4ccc(F)cc4)CC3)n2)CC1. The van der Waals surface area contributed by atoms with Crippen molar-refractivity contribution in [3.05, 3.63) is 36.3 Å². The highest BCUT2D eigenvalue weighted by molar-refractivity contribution is 5.49. The van der Waals surface area contributed by atoms with Gasteiger partial charge in [-0.15, -0.1) is 5.10 Å². The molecule has 4 rings (SSSR count). The van der Waals surface area contributed by atoms with Crippen molar-refractivity contribution < 1.29 is 4.39 Å². The Morgan fingerprint density at radius 3 is 2.15 bits per heavy atom. The van der Waals surface area contributed by atoms with E-state index in [1.54, 1.807) is 6.20 Å². The van der Waals surface area contributed by atoms with Gasteiger partial charge in [-0.05, 0) is 30.8 Å². The van der Waals surface area contributed by atoms with Crippen LogP contribution in [0.3, 0.4) is 0 Å². The van der Waals surface area contributed by atoms with Gasteiger partial charge in [0.2, 0.25) is 5.95 Å². The molecule has 2 fully saturated rings.